The van der Waals surface area contributed by atoms with E-state index in [1.165, 1.54) is 0 Å². The van der Waals surface area contributed by atoms with Crippen molar-refractivity contribution in [2.24, 2.45) is 0 Å². The molecule has 184 valence electrons. The molecule has 9 heteroatoms. The Bertz CT molecular complexity index is 1090. The van der Waals surface area contributed by atoms with Crippen LogP contribution in [0.4, 0.5) is 22.7 Å². The number of benzene rings is 2. The van der Waals surface area contributed by atoms with Crippen molar-refractivity contribution in [2.75, 3.05) is 61.7 Å². The lowest BCUT2D eigenvalue weighted by atomic mass is 9.99. The molecule has 0 radical (unpaired) electrons. The van der Waals surface area contributed by atoms with Gasteiger partial charge < -0.3 is 34.3 Å². The van der Waals surface area contributed by atoms with Gasteiger partial charge in [-0.05, 0) is 55.3 Å². The Labute approximate surface area is 204 Å². The number of carbonyl (C=O) groups is 3. The summed E-state index contributed by atoms with van der Waals surface area (Å²) in [5.41, 5.74) is 3.94. The van der Waals surface area contributed by atoms with E-state index in [2.05, 4.69) is 5.32 Å². The van der Waals surface area contributed by atoms with Crippen LogP contribution in [0.3, 0.4) is 0 Å². The molecule has 2 aromatic rings. The SMILES string of the molecule is CN1C(=O)C(C=O)N(C2CCOCC2)c2cc(Nc3ccc(C(=O)N4CCOCC4)cc3)ccc21. The fraction of sp³-hybridized carbons (Fsp3) is 0.423. The molecule has 1 unspecified atom stereocenters. The first kappa shape index (κ1) is 23.3. The summed E-state index contributed by atoms with van der Waals surface area (Å²) in [4.78, 5) is 42.9. The minimum absolute atomic E-state index is 0.00773. The number of ether oxygens (including phenoxy) is 2. The van der Waals surface area contributed by atoms with Crippen molar-refractivity contribution in [1.29, 1.82) is 0 Å². The number of amides is 2. The largest absolute Gasteiger partial charge is 0.381 e. The molecule has 2 saturated heterocycles. The molecule has 3 heterocycles. The Morgan fingerprint density at radius 3 is 2.29 bits per heavy atom. The van der Waals surface area contributed by atoms with Crippen LogP contribution in [-0.4, -0.2) is 81.6 Å². The number of morpholine rings is 1. The van der Waals surface area contributed by atoms with Crippen molar-refractivity contribution in [3.8, 4) is 0 Å². The van der Waals surface area contributed by atoms with Crippen LogP contribution in [0.15, 0.2) is 42.5 Å². The first-order valence-corrected chi connectivity index (χ1v) is 12.0. The maximum atomic E-state index is 12.9. The number of hydrogen-bond acceptors (Lipinski definition) is 7. The Morgan fingerprint density at radius 2 is 1.60 bits per heavy atom. The van der Waals surface area contributed by atoms with E-state index in [9.17, 15) is 14.4 Å². The van der Waals surface area contributed by atoms with Gasteiger partial charge in [0.25, 0.3) is 11.8 Å². The van der Waals surface area contributed by atoms with Crippen LogP contribution in [0.25, 0.3) is 0 Å². The van der Waals surface area contributed by atoms with Gasteiger partial charge in [0, 0.05) is 56.3 Å². The summed E-state index contributed by atoms with van der Waals surface area (Å²) in [6.45, 7) is 3.58. The zero-order valence-electron chi connectivity index (χ0n) is 19.8. The average molecular weight is 479 g/mol. The lowest BCUT2D eigenvalue weighted by Crippen LogP contribution is -2.57. The van der Waals surface area contributed by atoms with E-state index in [4.69, 9.17) is 9.47 Å². The smallest absolute Gasteiger partial charge is 0.256 e. The van der Waals surface area contributed by atoms with Gasteiger partial charge in [-0.15, -0.1) is 0 Å². The second-order valence-electron chi connectivity index (χ2n) is 9.04. The number of nitrogens with one attached hydrogen (secondary N) is 1. The molecule has 0 spiro atoms. The molecular formula is C26H30N4O5. The molecule has 1 atom stereocenters. The zero-order valence-corrected chi connectivity index (χ0v) is 19.8. The second kappa shape index (κ2) is 10.1. The van der Waals surface area contributed by atoms with E-state index in [0.717, 1.165) is 41.9 Å². The highest BCUT2D eigenvalue weighted by Crippen LogP contribution is 2.40. The van der Waals surface area contributed by atoms with E-state index >= 15 is 0 Å². The van der Waals surface area contributed by atoms with Crippen LogP contribution >= 0.6 is 0 Å². The molecule has 0 aliphatic carbocycles. The molecular weight excluding hydrogens is 448 g/mol. The Hall–Kier alpha value is -3.43. The minimum atomic E-state index is -0.851. The number of fused-ring (bicyclic) bond motifs is 1. The predicted molar refractivity (Wildman–Crippen MR) is 132 cm³/mol. The molecule has 35 heavy (non-hydrogen) atoms. The Balaban J connectivity index is 1.38. The lowest BCUT2D eigenvalue weighted by molar-refractivity contribution is -0.124. The monoisotopic (exact) mass is 478 g/mol. The highest BCUT2D eigenvalue weighted by Gasteiger charge is 2.40. The van der Waals surface area contributed by atoms with Crippen LogP contribution in [0.5, 0.6) is 0 Å². The number of likely N-dealkylation sites (N-methyl/N-ethyl adjacent to an activating group) is 1. The average Bonchev–Trinajstić information content (AvgIpc) is 2.91. The molecule has 1 N–H and O–H groups in total. The molecule has 2 aromatic carbocycles. The zero-order chi connectivity index (χ0) is 24.4. The number of nitrogens with zero attached hydrogens (tertiary/aromatic N) is 3. The molecule has 3 aliphatic heterocycles. The number of rotatable bonds is 5. The molecule has 0 bridgehead atoms. The number of aldehydes is 1. The fourth-order valence-corrected chi connectivity index (χ4v) is 5.00. The van der Waals surface area contributed by atoms with Gasteiger partial charge in [-0.25, -0.2) is 0 Å². The number of carbonyl (C=O) groups excluding carboxylic acids is 3. The van der Waals surface area contributed by atoms with E-state index in [-0.39, 0.29) is 17.9 Å². The van der Waals surface area contributed by atoms with Crippen LogP contribution in [0.1, 0.15) is 23.2 Å². The standard InChI is InChI=1S/C26H30N4O5/c1-28-22-7-6-20(16-23(22)30(24(17-31)26(28)33)21-8-12-34-13-9-21)27-19-4-2-18(3-5-19)25(32)29-10-14-35-15-11-29/h2-7,16-17,21,24,27H,8-15H2,1H3. The second-order valence-corrected chi connectivity index (χ2v) is 9.04. The first-order chi connectivity index (χ1) is 17.1. The first-order valence-electron chi connectivity index (χ1n) is 12.0. The minimum Gasteiger partial charge on any atom is -0.381 e. The molecule has 5 rings (SSSR count). The topological polar surface area (TPSA) is 91.4 Å². The summed E-state index contributed by atoms with van der Waals surface area (Å²) in [7, 11) is 1.70. The summed E-state index contributed by atoms with van der Waals surface area (Å²) in [6, 6.07) is 12.4. The van der Waals surface area contributed by atoms with Crippen molar-refractivity contribution in [2.45, 2.75) is 24.9 Å². The fourth-order valence-electron chi connectivity index (χ4n) is 5.00. The van der Waals surface area contributed by atoms with E-state index < -0.39 is 6.04 Å². The van der Waals surface area contributed by atoms with Gasteiger partial charge in [-0.1, -0.05) is 0 Å². The van der Waals surface area contributed by atoms with Crippen molar-refractivity contribution in [3.05, 3.63) is 48.0 Å². The van der Waals surface area contributed by atoms with Crippen LogP contribution in [0, 0.1) is 0 Å². The van der Waals surface area contributed by atoms with Crippen LogP contribution < -0.4 is 15.1 Å². The van der Waals surface area contributed by atoms with E-state index in [1.54, 1.807) is 11.9 Å². The van der Waals surface area contributed by atoms with Crippen molar-refractivity contribution in [3.63, 3.8) is 0 Å². The van der Waals surface area contributed by atoms with Gasteiger partial charge in [0.2, 0.25) is 0 Å². The lowest BCUT2D eigenvalue weighted by Gasteiger charge is -2.45. The van der Waals surface area contributed by atoms with Crippen molar-refractivity contribution in [1.82, 2.24) is 4.90 Å². The van der Waals surface area contributed by atoms with Gasteiger partial charge in [-0.2, -0.15) is 0 Å². The van der Waals surface area contributed by atoms with Gasteiger partial charge in [-0.3, -0.25) is 9.59 Å². The Kier molecular flexibility index (Phi) is 6.70. The number of hydrogen-bond donors (Lipinski definition) is 1. The van der Waals surface area contributed by atoms with Gasteiger partial charge in [0.05, 0.1) is 24.6 Å². The molecule has 0 saturated carbocycles. The molecule has 3 aliphatic rings. The highest BCUT2D eigenvalue weighted by atomic mass is 16.5. The van der Waals surface area contributed by atoms with Gasteiger partial charge in [0.15, 0.2) is 12.3 Å². The summed E-state index contributed by atoms with van der Waals surface area (Å²) in [6.07, 6.45) is 2.26. The maximum Gasteiger partial charge on any atom is 0.256 e. The van der Waals surface area contributed by atoms with Crippen molar-refractivity contribution < 1.29 is 23.9 Å². The van der Waals surface area contributed by atoms with Crippen molar-refractivity contribution >= 4 is 40.9 Å². The van der Waals surface area contributed by atoms with E-state index in [1.807, 2.05) is 52.3 Å². The van der Waals surface area contributed by atoms with Gasteiger partial charge in [0.1, 0.15) is 0 Å². The Morgan fingerprint density at radius 1 is 0.943 bits per heavy atom. The summed E-state index contributed by atoms with van der Waals surface area (Å²) < 4.78 is 10.8. The van der Waals surface area contributed by atoms with E-state index in [0.29, 0.717) is 45.1 Å². The summed E-state index contributed by atoms with van der Waals surface area (Å²) >= 11 is 0. The molecule has 9 nitrogen and oxygen atoms in total. The van der Waals surface area contributed by atoms with Crippen LogP contribution in [-0.2, 0) is 19.1 Å². The van der Waals surface area contributed by atoms with Gasteiger partial charge >= 0.3 is 0 Å². The molecule has 2 fully saturated rings. The highest BCUT2D eigenvalue weighted by molar-refractivity contribution is 6.13. The molecule has 0 aromatic heterocycles. The third kappa shape index (κ3) is 4.61. The normalized spacial score (nSPS) is 21.0. The summed E-state index contributed by atoms with van der Waals surface area (Å²) in [5, 5.41) is 3.39. The quantitative estimate of drug-likeness (QED) is 0.521. The summed E-state index contributed by atoms with van der Waals surface area (Å²) in [5.74, 6) is -0.214. The number of anilines is 4. The third-order valence-corrected chi connectivity index (χ3v) is 6.93. The van der Waals surface area contributed by atoms with Crippen LogP contribution in [0.2, 0.25) is 0 Å². The predicted octanol–water partition coefficient (Wildman–Crippen LogP) is 2.43. The third-order valence-electron chi connectivity index (χ3n) is 6.93. The molecule has 2 amide bonds. The maximum absolute atomic E-state index is 12.9.